The minimum absolute atomic E-state index is 0.619. The number of hydrogen-bond acceptors (Lipinski definition) is 10. The van der Waals surface area contributed by atoms with Crippen LogP contribution in [0.2, 0.25) is 0 Å². The Hall–Kier alpha value is -0.400. The summed E-state index contributed by atoms with van der Waals surface area (Å²) in [7, 11) is 0. The van der Waals surface area contributed by atoms with Crippen molar-refractivity contribution in [2.45, 2.75) is 68.3 Å². The van der Waals surface area contributed by atoms with Gasteiger partial charge in [0.25, 0.3) is 0 Å². The number of ether oxygens (including phenoxy) is 3. The molecular formula is C12H22O10. The third-order valence-electron chi connectivity index (χ3n) is 3.94. The van der Waals surface area contributed by atoms with E-state index < -0.39 is 68.0 Å². The number of hydrogen-bond donors (Lipinski definition) is 7. The van der Waals surface area contributed by atoms with Crippen molar-refractivity contribution < 1.29 is 50.0 Å². The Balaban J connectivity index is 2.06. The summed E-state index contributed by atoms with van der Waals surface area (Å²) in [4.78, 5) is 0. The van der Waals surface area contributed by atoms with Crippen LogP contribution in [-0.4, -0.2) is 104 Å². The molecule has 0 spiro atoms. The predicted molar refractivity (Wildman–Crippen MR) is 67.2 cm³/mol. The monoisotopic (exact) mass is 326 g/mol. The first kappa shape index (κ1) is 17.9. The van der Waals surface area contributed by atoms with Crippen LogP contribution in [0.5, 0.6) is 0 Å². The molecule has 10 atom stereocenters. The van der Waals surface area contributed by atoms with Crippen LogP contribution in [-0.2, 0) is 14.2 Å². The van der Waals surface area contributed by atoms with Gasteiger partial charge in [0, 0.05) is 0 Å². The van der Waals surface area contributed by atoms with Gasteiger partial charge in [-0.05, 0) is 6.92 Å². The minimum atomic E-state index is -1.69. The van der Waals surface area contributed by atoms with Gasteiger partial charge >= 0.3 is 0 Å². The molecule has 7 N–H and O–H groups in total. The van der Waals surface area contributed by atoms with E-state index in [2.05, 4.69) is 0 Å². The van der Waals surface area contributed by atoms with E-state index in [0.717, 1.165) is 0 Å². The summed E-state index contributed by atoms with van der Waals surface area (Å²) < 4.78 is 15.3. The molecule has 2 aliphatic heterocycles. The van der Waals surface area contributed by atoms with Gasteiger partial charge in [0.15, 0.2) is 12.6 Å². The summed E-state index contributed by atoms with van der Waals surface area (Å²) in [5.41, 5.74) is 0. The molecule has 0 radical (unpaired) electrons. The maximum Gasteiger partial charge on any atom is 0.187 e. The molecule has 0 aromatic carbocycles. The molecule has 130 valence electrons. The van der Waals surface area contributed by atoms with Gasteiger partial charge in [0.1, 0.15) is 42.7 Å². The van der Waals surface area contributed by atoms with Crippen molar-refractivity contribution in [2.75, 3.05) is 6.61 Å². The third-order valence-corrected chi connectivity index (χ3v) is 3.94. The van der Waals surface area contributed by atoms with Crippen LogP contribution in [0.3, 0.4) is 0 Å². The normalized spacial score (nSPS) is 53.5. The third kappa shape index (κ3) is 3.26. The Morgan fingerprint density at radius 2 is 1.45 bits per heavy atom. The first-order valence-electron chi connectivity index (χ1n) is 6.93. The molecular weight excluding hydrogens is 304 g/mol. The van der Waals surface area contributed by atoms with Gasteiger partial charge in [-0.2, -0.15) is 0 Å². The Labute approximate surface area is 126 Å². The first-order chi connectivity index (χ1) is 10.3. The SMILES string of the molecule is C[C@@H]1OC(OC2C(O)OC(CO)[C@H](O)[C@@H]2O)[C@@H](O)C(O)[C@@H]1O. The number of rotatable bonds is 3. The van der Waals surface area contributed by atoms with Crippen LogP contribution in [0.4, 0.5) is 0 Å². The van der Waals surface area contributed by atoms with Gasteiger partial charge in [0.05, 0.1) is 12.7 Å². The van der Waals surface area contributed by atoms with Crippen molar-refractivity contribution in [1.82, 2.24) is 0 Å². The second kappa shape index (κ2) is 7.01. The van der Waals surface area contributed by atoms with Crippen LogP contribution >= 0.6 is 0 Å². The minimum Gasteiger partial charge on any atom is -0.394 e. The summed E-state index contributed by atoms with van der Waals surface area (Å²) in [6.07, 6.45) is -14.3. The second-order valence-corrected chi connectivity index (χ2v) is 5.51. The van der Waals surface area contributed by atoms with Gasteiger partial charge in [-0.15, -0.1) is 0 Å². The summed E-state index contributed by atoms with van der Waals surface area (Å²) >= 11 is 0. The fourth-order valence-corrected chi connectivity index (χ4v) is 2.50. The van der Waals surface area contributed by atoms with Crippen molar-refractivity contribution in [1.29, 1.82) is 0 Å². The van der Waals surface area contributed by atoms with E-state index in [1.165, 1.54) is 6.92 Å². The molecule has 22 heavy (non-hydrogen) atoms. The van der Waals surface area contributed by atoms with Crippen molar-refractivity contribution in [3.05, 3.63) is 0 Å². The van der Waals surface area contributed by atoms with Gasteiger partial charge in [-0.1, -0.05) is 0 Å². The summed E-state index contributed by atoms with van der Waals surface area (Å²) in [6.45, 7) is 0.823. The lowest BCUT2D eigenvalue weighted by Crippen LogP contribution is -2.63. The van der Waals surface area contributed by atoms with E-state index in [1.54, 1.807) is 0 Å². The molecule has 2 rings (SSSR count). The Morgan fingerprint density at radius 3 is 2.05 bits per heavy atom. The van der Waals surface area contributed by atoms with Crippen LogP contribution in [0.25, 0.3) is 0 Å². The second-order valence-electron chi connectivity index (χ2n) is 5.51. The molecule has 0 amide bonds. The molecule has 0 saturated carbocycles. The van der Waals surface area contributed by atoms with Gasteiger partial charge in [-0.3, -0.25) is 0 Å². The van der Waals surface area contributed by atoms with Crippen LogP contribution in [0, 0.1) is 0 Å². The summed E-state index contributed by atoms with van der Waals surface area (Å²) in [6, 6.07) is 0. The molecule has 2 heterocycles. The number of aliphatic hydroxyl groups excluding tert-OH is 7. The Bertz CT molecular complexity index is 368. The van der Waals surface area contributed by atoms with Crippen LogP contribution < -0.4 is 0 Å². The lowest BCUT2D eigenvalue weighted by atomic mass is 9.97. The van der Waals surface area contributed by atoms with Crippen LogP contribution in [0.15, 0.2) is 0 Å². The largest absolute Gasteiger partial charge is 0.394 e. The molecule has 10 nitrogen and oxygen atoms in total. The average Bonchev–Trinajstić information content (AvgIpc) is 2.49. The lowest BCUT2D eigenvalue weighted by Gasteiger charge is -2.44. The zero-order valence-corrected chi connectivity index (χ0v) is 11.8. The van der Waals surface area contributed by atoms with E-state index in [-0.39, 0.29) is 0 Å². The summed E-state index contributed by atoms with van der Waals surface area (Å²) in [5.74, 6) is 0. The molecule has 2 saturated heterocycles. The smallest absolute Gasteiger partial charge is 0.187 e. The highest BCUT2D eigenvalue weighted by molar-refractivity contribution is 4.92. The molecule has 0 aromatic rings. The van der Waals surface area contributed by atoms with Gasteiger partial charge < -0.3 is 50.0 Å². The maximum absolute atomic E-state index is 9.93. The quantitative estimate of drug-likeness (QED) is 0.269. The van der Waals surface area contributed by atoms with E-state index in [0.29, 0.717) is 0 Å². The average molecular weight is 326 g/mol. The Morgan fingerprint density at radius 1 is 0.818 bits per heavy atom. The highest BCUT2D eigenvalue weighted by atomic mass is 16.7. The van der Waals surface area contributed by atoms with E-state index in [9.17, 15) is 30.6 Å². The summed E-state index contributed by atoms with van der Waals surface area (Å²) in [5, 5.41) is 67.5. The molecule has 10 heteroatoms. The number of aliphatic hydroxyl groups is 7. The van der Waals surface area contributed by atoms with E-state index >= 15 is 0 Å². The molecule has 2 aliphatic rings. The van der Waals surface area contributed by atoms with Gasteiger partial charge in [-0.25, -0.2) is 0 Å². The molecule has 0 bridgehead atoms. The highest BCUT2D eigenvalue weighted by Gasteiger charge is 2.49. The fraction of sp³-hybridized carbons (Fsp3) is 1.00. The van der Waals surface area contributed by atoms with E-state index in [1.807, 2.05) is 0 Å². The van der Waals surface area contributed by atoms with Crippen LogP contribution in [0.1, 0.15) is 6.92 Å². The van der Waals surface area contributed by atoms with Gasteiger partial charge in [0.2, 0.25) is 0 Å². The first-order valence-corrected chi connectivity index (χ1v) is 6.93. The van der Waals surface area contributed by atoms with E-state index in [4.69, 9.17) is 19.3 Å². The highest BCUT2D eigenvalue weighted by Crippen LogP contribution is 2.28. The predicted octanol–water partition coefficient (Wildman–Crippen LogP) is -4.37. The standard InChI is InChI=1S/C12H22O10/c1-3-5(14)7(16)9(18)12(20-3)22-10-8(17)6(15)4(2-13)21-11(10)19/h3-19H,2H2,1H3/t3-,4?,5+,6-,7?,8-,9-,10?,11?,12?/m0/s1. The zero-order chi connectivity index (χ0) is 16.6. The molecule has 0 aliphatic carbocycles. The van der Waals surface area contributed by atoms with Crippen molar-refractivity contribution >= 4 is 0 Å². The molecule has 0 aromatic heterocycles. The topological polar surface area (TPSA) is 169 Å². The molecule has 5 unspecified atom stereocenters. The van der Waals surface area contributed by atoms with Crippen molar-refractivity contribution in [3.63, 3.8) is 0 Å². The lowest BCUT2D eigenvalue weighted by molar-refractivity contribution is -0.358. The van der Waals surface area contributed by atoms with Crippen molar-refractivity contribution in [3.8, 4) is 0 Å². The Kier molecular flexibility index (Phi) is 5.72. The molecule has 2 fully saturated rings. The maximum atomic E-state index is 9.93. The zero-order valence-electron chi connectivity index (χ0n) is 11.8. The van der Waals surface area contributed by atoms with Crippen molar-refractivity contribution in [2.24, 2.45) is 0 Å². The fourth-order valence-electron chi connectivity index (χ4n) is 2.50.